The van der Waals surface area contributed by atoms with Gasteiger partial charge in [0.15, 0.2) is 0 Å². The zero-order chi connectivity index (χ0) is 20.2. The maximum Gasteiger partial charge on any atom is 0.254 e. The first-order valence-electron chi connectivity index (χ1n) is 10.2. The SMILES string of the molecule is O=C(C1CCCN1C(=O)c1ccccc1)N1CCN(Cc2cccc(Cl)c2)CC1. The highest BCUT2D eigenvalue weighted by molar-refractivity contribution is 6.30. The molecule has 0 aliphatic carbocycles. The van der Waals surface area contributed by atoms with E-state index in [1.54, 1.807) is 4.90 Å². The summed E-state index contributed by atoms with van der Waals surface area (Å²) in [5.74, 6) is 0.0511. The Morgan fingerprint density at radius 1 is 0.931 bits per heavy atom. The van der Waals surface area contributed by atoms with Crippen molar-refractivity contribution in [2.45, 2.75) is 25.4 Å². The molecule has 2 heterocycles. The van der Waals surface area contributed by atoms with E-state index in [-0.39, 0.29) is 17.9 Å². The number of hydrogen-bond acceptors (Lipinski definition) is 3. The highest BCUT2D eigenvalue weighted by Gasteiger charge is 2.37. The third-order valence-electron chi connectivity index (χ3n) is 5.80. The molecule has 2 saturated heterocycles. The lowest BCUT2D eigenvalue weighted by molar-refractivity contribution is -0.137. The Morgan fingerprint density at radius 2 is 1.69 bits per heavy atom. The number of amides is 2. The zero-order valence-electron chi connectivity index (χ0n) is 16.5. The fourth-order valence-electron chi connectivity index (χ4n) is 4.24. The van der Waals surface area contributed by atoms with E-state index in [9.17, 15) is 9.59 Å². The van der Waals surface area contributed by atoms with Gasteiger partial charge in [0.1, 0.15) is 6.04 Å². The number of rotatable bonds is 4. The predicted octanol–water partition coefficient (Wildman–Crippen LogP) is 3.29. The maximum absolute atomic E-state index is 13.2. The lowest BCUT2D eigenvalue weighted by Crippen LogP contribution is -2.54. The average molecular weight is 412 g/mol. The molecule has 0 bridgehead atoms. The minimum Gasteiger partial charge on any atom is -0.338 e. The van der Waals surface area contributed by atoms with Crippen LogP contribution in [0.1, 0.15) is 28.8 Å². The summed E-state index contributed by atoms with van der Waals surface area (Å²) < 4.78 is 0. The van der Waals surface area contributed by atoms with Crippen LogP contribution in [0.25, 0.3) is 0 Å². The number of carbonyl (C=O) groups excluding carboxylic acids is 2. The van der Waals surface area contributed by atoms with Gasteiger partial charge in [-0.1, -0.05) is 41.9 Å². The van der Waals surface area contributed by atoms with Gasteiger partial charge >= 0.3 is 0 Å². The Kier molecular flexibility index (Phi) is 6.16. The van der Waals surface area contributed by atoms with Crippen LogP contribution in [0.2, 0.25) is 5.02 Å². The molecular weight excluding hydrogens is 386 g/mol. The number of piperazine rings is 1. The van der Waals surface area contributed by atoms with E-state index in [2.05, 4.69) is 11.0 Å². The van der Waals surface area contributed by atoms with Gasteiger partial charge in [-0.3, -0.25) is 14.5 Å². The standard InChI is InChI=1S/C23H26ClN3O2/c24-20-9-4-6-18(16-20)17-25-12-14-26(15-13-25)23(29)21-10-5-11-27(21)22(28)19-7-2-1-3-8-19/h1-4,6-9,16,21H,5,10-15,17H2. The molecule has 5 nitrogen and oxygen atoms in total. The molecule has 2 amide bonds. The summed E-state index contributed by atoms with van der Waals surface area (Å²) in [6.45, 7) is 4.55. The third kappa shape index (κ3) is 4.62. The average Bonchev–Trinajstić information content (AvgIpc) is 3.24. The molecule has 6 heteroatoms. The first-order valence-corrected chi connectivity index (χ1v) is 10.6. The second-order valence-electron chi connectivity index (χ2n) is 7.75. The van der Waals surface area contributed by atoms with Gasteiger partial charge in [0, 0.05) is 49.9 Å². The number of halogens is 1. The first-order chi connectivity index (χ1) is 14.1. The smallest absolute Gasteiger partial charge is 0.254 e. The van der Waals surface area contributed by atoms with Gasteiger partial charge in [-0.05, 0) is 42.7 Å². The molecule has 1 unspecified atom stereocenters. The van der Waals surface area contributed by atoms with Gasteiger partial charge in [-0.25, -0.2) is 0 Å². The van der Waals surface area contributed by atoms with E-state index in [0.29, 0.717) is 25.2 Å². The number of carbonyl (C=O) groups is 2. The molecule has 0 N–H and O–H groups in total. The van der Waals surface area contributed by atoms with Gasteiger partial charge in [0.2, 0.25) is 5.91 Å². The van der Waals surface area contributed by atoms with E-state index in [1.807, 2.05) is 53.4 Å². The largest absolute Gasteiger partial charge is 0.338 e. The molecular formula is C23H26ClN3O2. The van der Waals surface area contributed by atoms with E-state index in [0.717, 1.165) is 37.5 Å². The van der Waals surface area contributed by atoms with Crippen molar-refractivity contribution in [3.63, 3.8) is 0 Å². The minimum atomic E-state index is -0.331. The van der Waals surface area contributed by atoms with Crippen molar-refractivity contribution >= 4 is 23.4 Å². The summed E-state index contributed by atoms with van der Waals surface area (Å²) in [7, 11) is 0. The van der Waals surface area contributed by atoms with Crippen LogP contribution in [0, 0.1) is 0 Å². The molecule has 152 valence electrons. The van der Waals surface area contributed by atoms with Crippen molar-refractivity contribution < 1.29 is 9.59 Å². The molecule has 4 rings (SSSR count). The summed E-state index contributed by atoms with van der Waals surface area (Å²) in [5.41, 5.74) is 1.84. The van der Waals surface area contributed by atoms with Crippen LogP contribution in [-0.4, -0.2) is 65.3 Å². The van der Waals surface area contributed by atoms with Gasteiger partial charge in [-0.15, -0.1) is 0 Å². The van der Waals surface area contributed by atoms with Gasteiger partial charge < -0.3 is 9.80 Å². The van der Waals surface area contributed by atoms with E-state index >= 15 is 0 Å². The Balaban J connectivity index is 1.34. The Labute approximate surface area is 176 Å². The predicted molar refractivity (Wildman–Crippen MR) is 114 cm³/mol. The first kappa shape index (κ1) is 19.9. The van der Waals surface area contributed by atoms with Crippen molar-refractivity contribution in [1.82, 2.24) is 14.7 Å². The quantitative estimate of drug-likeness (QED) is 0.775. The topological polar surface area (TPSA) is 43.9 Å². The molecule has 0 spiro atoms. The highest BCUT2D eigenvalue weighted by Crippen LogP contribution is 2.23. The van der Waals surface area contributed by atoms with Gasteiger partial charge in [0.05, 0.1) is 0 Å². The van der Waals surface area contributed by atoms with Crippen LogP contribution in [0.3, 0.4) is 0 Å². The molecule has 2 aliphatic heterocycles. The van der Waals surface area contributed by atoms with Crippen LogP contribution in [0.4, 0.5) is 0 Å². The Hall–Kier alpha value is -2.37. The van der Waals surface area contributed by atoms with Crippen molar-refractivity contribution in [2.75, 3.05) is 32.7 Å². The summed E-state index contributed by atoms with van der Waals surface area (Å²) in [4.78, 5) is 32.0. The fourth-order valence-corrected chi connectivity index (χ4v) is 4.46. The van der Waals surface area contributed by atoms with Crippen LogP contribution in [0.5, 0.6) is 0 Å². The molecule has 2 fully saturated rings. The van der Waals surface area contributed by atoms with Crippen LogP contribution >= 0.6 is 11.6 Å². The van der Waals surface area contributed by atoms with Gasteiger partial charge in [-0.2, -0.15) is 0 Å². The number of hydrogen-bond donors (Lipinski definition) is 0. The number of nitrogens with zero attached hydrogens (tertiary/aromatic N) is 3. The summed E-state index contributed by atoms with van der Waals surface area (Å²) in [6.07, 6.45) is 1.63. The lowest BCUT2D eigenvalue weighted by Gasteiger charge is -2.37. The third-order valence-corrected chi connectivity index (χ3v) is 6.03. The second-order valence-corrected chi connectivity index (χ2v) is 8.19. The van der Waals surface area contributed by atoms with Crippen molar-refractivity contribution in [2.24, 2.45) is 0 Å². The summed E-state index contributed by atoms with van der Waals surface area (Å²) >= 11 is 6.08. The lowest BCUT2D eigenvalue weighted by atomic mass is 10.1. The van der Waals surface area contributed by atoms with E-state index < -0.39 is 0 Å². The molecule has 29 heavy (non-hydrogen) atoms. The summed E-state index contributed by atoms with van der Waals surface area (Å²) in [5, 5.41) is 0.751. The second kappa shape index (κ2) is 8.97. The van der Waals surface area contributed by atoms with Crippen molar-refractivity contribution in [3.8, 4) is 0 Å². The monoisotopic (exact) mass is 411 g/mol. The zero-order valence-corrected chi connectivity index (χ0v) is 17.2. The molecule has 0 radical (unpaired) electrons. The Morgan fingerprint density at radius 3 is 2.41 bits per heavy atom. The fraction of sp³-hybridized carbons (Fsp3) is 0.391. The van der Waals surface area contributed by atoms with Crippen LogP contribution in [0.15, 0.2) is 54.6 Å². The molecule has 1 atom stereocenters. The summed E-state index contributed by atoms with van der Waals surface area (Å²) in [6, 6.07) is 16.8. The molecule has 0 aromatic heterocycles. The number of benzene rings is 2. The van der Waals surface area contributed by atoms with E-state index in [1.165, 1.54) is 5.56 Å². The maximum atomic E-state index is 13.2. The molecule has 2 aromatic carbocycles. The van der Waals surface area contributed by atoms with Gasteiger partial charge in [0.25, 0.3) is 5.91 Å². The van der Waals surface area contributed by atoms with Crippen LogP contribution in [-0.2, 0) is 11.3 Å². The van der Waals surface area contributed by atoms with Crippen molar-refractivity contribution in [1.29, 1.82) is 0 Å². The van der Waals surface area contributed by atoms with E-state index in [4.69, 9.17) is 11.6 Å². The van der Waals surface area contributed by atoms with Crippen LogP contribution < -0.4 is 0 Å². The molecule has 2 aliphatic rings. The minimum absolute atomic E-state index is 0.0407. The Bertz CT molecular complexity index is 865. The highest BCUT2D eigenvalue weighted by atomic mass is 35.5. The van der Waals surface area contributed by atoms with Crippen molar-refractivity contribution in [3.05, 3.63) is 70.7 Å². The molecule has 0 saturated carbocycles. The molecule has 2 aromatic rings. The normalized spacial score (nSPS) is 20.1. The number of likely N-dealkylation sites (tertiary alicyclic amines) is 1.